The van der Waals surface area contributed by atoms with E-state index in [4.69, 9.17) is 4.74 Å². The van der Waals surface area contributed by atoms with Gasteiger partial charge in [-0.05, 0) is 24.5 Å². The number of rotatable bonds is 4. The van der Waals surface area contributed by atoms with Crippen LogP contribution in [0.3, 0.4) is 0 Å². The van der Waals surface area contributed by atoms with Gasteiger partial charge in [0.15, 0.2) is 0 Å². The van der Waals surface area contributed by atoms with Gasteiger partial charge in [-0.25, -0.2) is 4.79 Å². The minimum absolute atomic E-state index is 0.148. The number of ether oxygens (including phenoxy) is 1. The van der Waals surface area contributed by atoms with E-state index in [1.54, 1.807) is 6.92 Å². The lowest BCUT2D eigenvalue weighted by molar-refractivity contribution is -0.122. The van der Waals surface area contributed by atoms with E-state index in [0.29, 0.717) is 18.7 Å². The van der Waals surface area contributed by atoms with Crippen LogP contribution in [0.15, 0.2) is 40.1 Å². The first-order valence-electron chi connectivity index (χ1n) is 7.81. The molecule has 0 aliphatic carbocycles. The third-order valence-corrected chi connectivity index (χ3v) is 4.08. The Hall–Kier alpha value is -2.67. The number of nitrogens with zero attached hydrogens (tertiary/aromatic N) is 1. The third-order valence-electron chi connectivity index (χ3n) is 4.08. The molecule has 1 aliphatic rings. The number of hydrogen-bond donors (Lipinski definition) is 2. The van der Waals surface area contributed by atoms with Gasteiger partial charge in [-0.15, -0.1) is 0 Å². The summed E-state index contributed by atoms with van der Waals surface area (Å²) in [5.41, 5.74) is 1.66. The number of H-pyrrole nitrogens is 1. The highest BCUT2D eigenvalue weighted by molar-refractivity contribution is 5.75. The lowest BCUT2D eigenvalue weighted by Gasteiger charge is -2.26. The van der Waals surface area contributed by atoms with Crippen molar-refractivity contribution in [2.75, 3.05) is 13.2 Å². The van der Waals surface area contributed by atoms with Crippen LogP contribution in [0.1, 0.15) is 22.8 Å². The number of fused-ring (bicyclic) bond motifs is 1. The van der Waals surface area contributed by atoms with E-state index in [0.717, 1.165) is 12.0 Å². The molecule has 2 N–H and O–H groups in total. The maximum atomic E-state index is 12.1. The summed E-state index contributed by atoms with van der Waals surface area (Å²) in [5.74, 6) is -0.310. The van der Waals surface area contributed by atoms with E-state index in [9.17, 15) is 14.4 Å². The fourth-order valence-electron chi connectivity index (χ4n) is 2.80. The summed E-state index contributed by atoms with van der Waals surface area (Å²) < 4.78 is 6.92. The molecule has 1 aromatic heterocycles. The summed E-state index contributed by atoms with van der Waals surface area (Å²) >= 11 is 0. The van der Waals surface area contributed by atoms with Crippen molar-refractivity contribution in [1.82, 2.24) is 14.9 Å². The Morgan fingerprint density at radius 2 is 2.17 bits per heavy atom. The maximum absolute atomic E-state index is 12.1. The third kappa shape index (κ3) is 3.46. The van der Waals surface area contributed by atoms with Gasteiger partial charge >= 0.3 is 5.69 Å². The number of hydrogen-bond acceptors (Lipinski definition) is 4. The van der Waals surface area contributed by atoms with Crippen molar-refractivity contribution in [3.63, 3.8) is 0 Å². The number of carbonyl (C=O) groups is 1. The van der Waals surface area contributed by atoms with Crippen LogP contribution in [0.2, 0.25) is 0 Å². The van der Waals surface area contributed by atoms with E-state index >= 15 is 0 Å². The fourth-order valence-corrected chi connectivity index (χ4v) is 2.80. The molecule has 24 heavy (non-hydrogen) atoms. The van der Waals surface area contributed by atoms with E-state index in [1.165, 1.54) is 16.3 Å². The van der Waals surface area contributed by atoms with Crippen molar-refractivity contribution in [1.29, 1.82) is 0 Å². The van der Waals surface area contributed by atoms with Gasteiger partial charge in [0.2, 0.25) is 5.91 Å². The van der Waals surface area contributed by atoms with Gasteiger partial charge in [-0.2, -0.15) is 0 Å². The quantitative estimate of drug-likeness (QED) is 0.842. The van der Waals surface area contributed by atoms with Crippen LogP contribution in [0.5, 0.6) is 0 Å². The lowest BCUT2D eigenvalue weighted by Crippen LogP contribution is -2.38. The number of aromatic nitrogens is 2. The second-order valence-corrected chi connectivity index (χ2v) is 5.81. The molecule has 3 rings (SSSR count). The highest BCUT2D eigenvalue weighted by atomic mass is 16.5. The van der Waals surface area contributed by atoms with Crippen molar-refractivity contribution in [3.8, 4) is 0 Å². The standard InChI is InChI=1S/C17H19N3O4/c1-11-9-20(17(23)19-16(11)22)10-15(21)18-8-14-13-5-3-2-4-12(13)6-7-24-14/h2-5,9,14H,6-8,10H2,1H3,(H,18,21)(H,19,22,23)/t14-/m1/s1. The molecule has 7 nitrogen and oxygen atoms in total. The molecule has 0 fully saturated rings. The highest BCUT2D eigenvalue weighted by Gasteiger charge is 2.20. The van der Waals surface area contributed by atoms with Gasteiger partial charge in [-0.3, -0.25) is 19.1 Å². The van der Waals surface area contributed by atoms with Gasteiger partial charge in [0.25, 0.3) is 5.56 Å². The molecule has 1 amide bonds. The van der Waals surface area contributed by atoms with Crippen LogP contribution in [-0.4, -0.2) is 28.6 Å². The van der Waals surface area contributed by atoms with Crippen LogP contribution in [0, 0.1) is 6.92 Å². The zero-order valence-corrected chi connectivity index (χ0v) is 13.4. The monoisotopic (exact) mass is 329 g/mol. The molecule has 2 heterocycles. The molecule has 2 aromatic rings. The maximum Gasteiger partial charge on any atom is 0.328 e. The van der Waals surface area contributed by atoms with E-state index < -0.39 is 11.2 Å². The van der Waals surface area contributed by atoms with Crippen LogP contribution < -0.4 is 16.6 Å². The topological polar surface area (TPSA) is 93.2 Å². The van der Waals surface area contributed by atoms with E-state index in [2.05, 4.69) is 16.4 Å². The second kappa shape index (κ2) is 6.84. The average molecular weight is 329 g/mol. The summed E-state index contributed by atoms with van der Waals surface area (Å²) in [6.07, 6.45) is 2.06. The molecule has 1 aromatic carbocycles. The Morgan fingerprint density at radius 1 is 1.38 bits per heavy atom. The Balaban J connectivity index is 1.64. The zero-order chi connectivity index (χ0) is 17.1. The Morgan fingerprint density at radius 3 is 3.00 bits per heavy atom. The highest BCUT2D eigenvalue weighted by Crippen LogP contribution is 2.26. The molecule has 0 radical (unpaired) electrons. The zero-order valence-electron chi connectivity index (χ0n) is 13.4. The Labute approximate surface area is 138 Å². The molecule has 0 saturated heterocycles. The lowest BCUT2D eigenvalue weighted by atomic mass is 9.97. The molecule has 0 saturated carbocycles. The molecule has 1 atom stereocenters. The van der Waals surface area contributed by atoms with Crippen LogP contribution in [-0.2, 0) is 22.5 Å². The summed E-state index contributed by atoms with van der Waals surface area (Å²) in [4.78, 5) is 37.3. The number of carbonyl (C=O) groups excluding carboxylic acids is 1. The SMILES string of the molecule is Cc1cn(CC(=O)NC[C@H]2OCCc3ccccc32)c(=O)[nH]c1=O. The fraction of sp³-hybridized carbons (Fsp3) is 0.353. The molecule has 126 valence electrons. The summed E-state index contributed by atoms with van der Waals surface area (Å²) in [5, 5.41) is 2.79. The summed E-state index contributed by atoms with van der Waals surface area (Å²) in [6, 6.07) is 8.01. The summed E-state index contributed by atoms with van der Waals surface area (Å²) in [7, 11) is 0. The largest absolute Gasteiger partial charge is 0.371 e. The number of benzene rings is 1. The molecular formula is C17H19N3O4. The molecule has 0 unspecified atom stereocenters. The van der Waals surface area contributed by atoms with Gasteiger partial charge in [0.05, 0.1) is 6.61 Å². The van der Waals surface area contributed by atoms with Crippen molar-refractivity contribution < 1.29 is 9.53 Å². The minimum atomic E-state index is -0.597. The Kier molecular flexibility index (Phi) is 4.61. The van der Waals surface area contributed by atoms with Crippen molar-refractivity contribution >= 4 is 5.91 Å². The first-order chi connectivity index (χ1) is 11.5. The van der Waals surface area contributed by atoms with Gasteiger partial charge < -0.3 is 10.1 Å². The minimum Gasteiger partial charge on any atom is -0.371 e. The smallest absolute Gasteiger partial charge is 0.328 e. The predicted molar refractivity (Wildman–Crippen MR) is 87.9 cm³/mol. The van der Waals surface area contributed by atoms with Crippen LogP contribution in [0.4, 0.5) is 0 Å². The Bertz CT molecular complexity index is 869. The predicted octanol–water partition coefficient (Wildman–Crippen LogP) is 0.275. The van der Waals surface area contributed by atoms with E-state index in [1.807, 2.05) is 18.2 Å². The number of nitrogens with one attached hydrogen (secondary N) is 2. The van der Waals surface area contributed by atoms with Gasteiger partial charge in [-0.1, -0.05) is 24.3 Å². The normalized spacial score (nSPS) is 16.5. The molecule has 7 heteroatoms. The molecular weight excluding hydrogens is 310 g/mol. The van der Waals surface area contributed by atoms with Crippen LogP contribution >= 0.6 is 0 Å². The van der Waals surface area contributed by atoms with Crippen molar-refractivity contribution in [3.05, 3.63) is 68.0 Å². The number of aromatic amines is 1. The summed E-state index contributed by atoms with van der Waals surface area (Å²) in [6.45, 7) is 2.40. The number of aryl methyl sites for hydroxylation is 1. The van der Waals surface area contributed by atoms with Gasteiger partial charge in [0, 0.05) is 18.3 Å². The van der Waals surface area contributed by atoms with Crippen molar-refractivity contribution in [2.24, 2.45) is 0 Å². The van der Waals surface area contributed by atoms with E-state index in [-0.39, 0.29) is 18.6 Å². The molecule has 0 spiro atoms. The molecule has 1 aliphatic heterocycles. The van der Waals surface area contributed by atoms with Crippen LogP contribution in [0.25, 0.3) is 0 Å². The average Bonchev–Trinajstić information content (AvgIpc) is 2.58. The van der Waals surface area contributed by atoms with Crippen molar-refractivity contribution in [2.45, 2.75) is 26.0 Å². The number of amides is 1. The first kappa shape index (κ1) is 16.2. The molecule has 0 bridgehead atoms. The first-order valence-corrected chi connectivity index (χ1v) is 7.81. The van der Waals surface area contributed by atoms with Gasteiger partial charge in [0.1, 0.15) is 12.6 Å². The second-order valence-electron chi connectivity index (χ2n) is 5.81.